The van der Waals surface area contributed by atoms with Gasteiger partial charge in [-0.3, -0.25) is 9.88 Å². The van der Waals surface area contributed by atoms with Gasteiger partial charge in [-0.25, -0.2) is 0 Å². The highest BCUT2D eigenvalue weighted by Gasteiger charge is 2.51. The van der Waals surface area contributed by atoms with Crippen LogP contribution < -0.4 is 4.90 Å². The Balaban J connectivity index is 2.11. The number of aryl methyl sites for hydroxylation is 3. The predicted molar refractivity (Wildman–Crippen MR) is 75.0 cm³/mol. The second-order valence-electron chi connectivity index (χ2n) is 6.23. The molecule has 3 heteroatoms. The Labute approximate surface area is 110 Å². The number of anilines is 1. The third kappa shape index (κ3) is 1.50. The zero-order chi connectivity index (χ0) is 13.1. The number of rotatable bonds is 1. The van der Waals surface area contributed by atoms with Gasteiger partial charge in [0.1, 0.15) is 0 Å². The lowest BCUT2D eigenvalue weighted by atomic mass is 9.96. The molecule has 1 aromatic heterocycles. The monoisotopic (exact) mass is 245 g/mol. The maximum atomic E-state index is 4.67. The largest absolute Gasteiger partial charge is 0.348 e. The Morgan fingerprint density at radius 2 is 2.06 bits per heavy atom. The van der Waals surface area contributed by atoms with Crippen molar-refractivity contribution in [3.8, 4) is 0 Å². The Kier molecular flexibility index (Phi) is 2.46. The summed E-state index contributed by atoms with van der Waals surface area (Å²) in [5.74, 6) is 0. The van der Waals surface area contributed by atoms with Gasteiger partial charge in [0.25, 0.3) is 0 Å². The molecule has 2 aliphatic heterocycles. The van der Waals surface area contributed by atoms with E-state index in [1.54, 1.807) is 0 Å². The standard InChI is InChI=1S/C15H23N3/c1-10-8-11(2)16-12(3)14(10)18-13(4)17-7-6-15(18,5)9-17/h8,13H,6-7,9H2,1-5H3. The summed E-state index contributed by atoms with van der Waals surface area (Å²) in [7, 11) is 0. The van der Waals surface area contributed by atoms with Crippen LogP contribution in [-0.2, 0) is 0 Å². The van der Waals surface area contributed by atoms with Crippen LogP contribution in [0.25, 0.3) is 0 Å². The molecule has 2 saturated heterocycles. The summed E-state index contributed by atoms with van der Waals surface area (Å²) in [6.45, 7) is 13.6. The van der Waals surface area contributed by atoms with E-state index in [-0.39, 0.29) is 0 Å². The Morgan fingerprint density at radius 1 is 1.33 bits per heavy atom. The van der Waals surface area contributed by atoms with E-state index < -0.39 is 0 Å². The van der Waals surface area contributed by atoms with E-state index in [0.717, 1.165) is 5.69 Å². The van der Waals surface area contributed by atoms with Crippen LogP contribution >= 0.6 is 0 Å². The van der Waals surface area contributed by atoms with E-state index in [1.807, 2.05) is 0 Å². The molecule has 2 fully saturated rings. The fourth-order valence-corrected chi connectivity index (χ4v) is 3.95. The van der Waals surface area contributed by atoms with Gasteiger partial charge in [-0.05, 0) is 52.7 Å². The minimum Gasteiger partial charge on any atom is -0.348 e. The fourth-order valence-electron chi connectivity index (χ4n) is 3.95. The predicted octanol–water partition coefficient (Wildman–Crippen LogP) is 2.64. The first kappa shape index (κ1) is 12.0. The fraction of sp³-hybridized carbons (Fsp3) is 0.667. The number of aromatic nitrogens is 1. The van der Waals surface area contributed by atoms with Gasteiger partial charge in [0.2, 0.25) is 0 Å². The summed E-state index contributed by atoms with van der Waals surface area (Å²) in [6, 6.07) is 2.21. The molecule has 3 unspecified atom stereocenters. The molecule has 0 amide bonds. The van der Waals surface area contributed by atoms with E-state index in [2.05, 4.69) is 55.5 Å². The molecule has 0 spiro atoms. The highest BCUT2D eigenvalue weighted by atomic mass is 15.5. The molecule has 3 heterocycles. The quantitative estimate of drug-likeness (QED) is 0.758. The second kappa shape index (κ2) is 3.70. The maximum Gasteiger partial charge on any atom is 0.0799 e. The molecule has 0 N–H and O–H groups in total. The third-order valence-corrected chi connectivity index (χ3v) is 4.69. The topological polar surface area (TPSA) is 19.4 Å². The number of fused-ring (bicyclic) bond motifs is 2. The highest BCUT2D eigenvalue weighted by Crippen LogP contribution is 2.43. The van der Waals surface area contributed by atoms with Gasteiger partial charge in [-0.15, -0.1) is 0 Å². The van der Waals surface area contributed by atoms with Crippen molar-refractivity contribution < 1.29 is 0 Å². The summed E-state index contributed by atoms with van der Waals surface area (Å²) >= 11 is 0. The van der Waals surface area contributed by atoms with E-state index >= 15 is 0 Å². The summed E-state index contributed by atoms with van der Waals surface area (Å²) in [4.78, 5) is 9.85. The van der Waals surface area contributed by atoms with Crippen LogP contribution in [0.2, 0.25) is 0 Å². The van der Waals surface area contributed by atoms with Crippen LogP contribution in [-0.4, -0.2) is 34.7 Å². The van der Waals surface area contributed by atoms with Gasteiger partial charge in [0.05, 0.1) is 23.1 Å². The zero-order valence-electron chi connectivity index (χ0n) is 12.1. The van der Waals surface area contributed by atoms with Crippen molar-refractivity contribution in [2.24, 2.45) is 0 Å². The number of hydrogen-bond donors (Lipinski definition) is 0. The molecule has 2 aliphatic rings. The summed E-state index contributed by atoms with van der Waals surface area (Å²) < 4.78 is 0. The van der Waals surface area contributed by atoms with Crippen molar-refractivity contribution in [2.75, 3.05) is 18.0 Å². The minimum atomic E-state index is 0.297. The van der Waals surface area contributed by atoms with E-state index in [0.29, 0.717) is 11.7 Å². The second-order valence-corrected chi connectivity index (χ2v) is 6.23. The van der Waals surface area contributed by atoms with Gasteiger partial charge in [0.15, 0.2) is 0 Å². The molecular weight excluding hydrogens is 222 g/mol. The number of nitrogens with zero attached hydrogens (tertiary/aromatic N) is 3. The Bertz CT molecular complexity index is 474. The number of pyridine rings is 1. The third-order valence-electron chi connectivity index (χ3n) is 4.69. The molecule has 0 radical (unpaired) electrons. The van der Waals surface area contributed by atoms with Crippen LogP contribution in [0, 0.1) is 20.8 Å². The first-order valence-electron chi connectivity index (χ1n) is 6.91. The summed E-state index contributed by atoms with van der Waals surface area (Å²) in [5, 5.41) is 0. The maximum absolute atomic E-state index is 4.67. The van der Waals surface area contributed by atoms with Crippen LogP contribution in [0.5, 0.6) is 0 Å². The van der Waals surface area contributed by atoms with Crippen LogP contribution in [0.15, 0.2) is 6.07 Å². The van der Waals surface area contributed by atoms with Gasteiger partial charge in [-0.1, -0.05) is 0 Å². The molecule has 0 saturated carbocycles. The summed E-state index contributed by atoms with van der Waals surface area (Å²) in [5.41, 5.74) is 5.32. The first-order chi connectivity index (χ1) is 8.42. The molecule has 3 rings (SSSR count). The lowest BCUT2D eigenvalue weighted by molar-refractivity contribution is 0.278. The molecule has 0 aromatic carbocycles. The first-order valence-corrected chi connectivity index (χ1v) is 6.91. The van der Waals surface area contributed by atoms with E-state index in [1.165, 1.54) is 36.5 Å². The van der Waals surface area contributed by atoms with Crippen molar-refractivity contribution >= 4 is 5.69 Å². The van der Waals surface area contributed by atoms with Crippen molar-refractivity contribution in [2.45, 2.75) is 52.7 Å². The molecule has 18 heavy (non-hydrogen) atoms. The van der Waals surface area contributed by atoms with E-state index in [9.17, 15) is 0 Å². The average molecular weight is 245 g/mol. The average Bonchev–Trinajstić information content (AvgIpc) is 2.74. The van der Waals surface area contributed by atoms with Crippen molar-refractivity contribution in [3.63, 3.8) is 0 Å². The van der Waals surface area contributed by atoms with Crippen molar-refractivity contribution in [3.05, 3.63) is 23.0 Å². The lowest BCUT2D eigenvalue weighted by Crippen LogP contribution is -2.50. The Hall–Kier alpha value is -1.09. The minimum absolute atomic E-state index is 0.297. The molecule has 98 valence electrons. The molecule has 2 bridgehead atoms. The van der Waals surface area contributed by atoms with Crippen molar-refractivity contribution in [1.82, 2.24) is 9.88 Å². The lowest BCUT2D eigenvalue weighted by Gasteiger charge is -2.42. The van der Waals surface area contributed by atoms with Crippen LogP contribution in [0.4, 0.5) is 5.69 Å². The van der Waals surface area contributed by atoms with Gasteiger partial charge >= 0.3 is 0 Å². The molecule has 1 aromatic rings. The smallest absolute Gasteiger partial charge is 0.0799 e. The normalized spacial score (nSPS) is 34.4. The van der Waals surface area contributed by atoms with Crippen LogP contribution in [0.3, 0.4) is 0 Å². The molecule has 3 atom stereocenters. The van der Waals surface area contributed by atoms with E-state index in [4.69, 9.17) is 0 Å². The van der Waals surface area contributed by atoms with Gasteiger partial charge in [0, 0.05) is 18.8 Å². The molecule has 0 aliphatic carbocycles. The number of hydrogen-bond acceptors (Lipinski definition) is 3. The van der Waals surface area contributed by atoms with Gasteiger partial charge in [-0.2, -0.15) is 0 Å². The van der Waals surface area contributed by atoms with Gasteiger partial charge < -0.3 is 4.90 Å². The highest BCUT2D eigenvalue weighted by molar-refractivity contribution is 5.61. The van der Waals surface area contributed by atoms with Crippen molar-refractivity contribution in [1.29, 1.82) is 0 Å². The Morgan fingerprint density at radius 3 is 2.61 bits per heavy atom. The zero-order valence-corrected chi connectivity index (χ0v) is 12.1. The SMILES string of the molecule is Cc1cc(C)c(N2C(C)N3CCC2(C)C3)c(C)n1. The summed E-state index contributed by atoms with van der Waals surface area (Å²) in [6.07, 6.45) is 1.77. The molecule has 3 nitrogen and oxygen atoms in total. The van der Waals surface area contributed by atoms with Crippen LogP contribution in [0.1, 0.15) is 37.2 Å². The molecular formula is C15H23N3.